The van der Waals surface area contributed by atoms with Crippen molar-refractivity contribution in [1.82, 2.24) is 29.2 Å². The van der Waals surface area contributed by atoms with Gasteiger partial charge in [-0.05, 0) is 55.0 Å². The minimum absolute atomic E-state index is 0.0103. The molecule has 4 amide bonds. The molecule has 0 fully saturated rings. The van der Waals surface area contributed by atoms with Crippen LogP contribution in [0.15, 0.2) is 47.4 Å². The zero-order valence-corrected chi connectivity index (χ0v) is 25.6. The van der Waals surface area contributed by atoms with Crippen LogP contribution in [0.3, 0.4) is 0 Å². The Bertz CT molecular complexity index is 1640. The smallest absolute Gasteiger partial charge is 0.417 e. The minimum atomic E-state index is -1.39. The number of likely N-dealkylation sites (N-methyl/N-ethyl adjacent to an activating group) is 1. The summed E-state index contributed by atoms with van der Waals surface area (Å²) in [5, 5.41) is 15.1. The summed E-state index contributed by atoms with van der Waals surface area (Å²) in [5.41, 5.74) is 0.200. The van der Waals surface area contributed by atoms with Crippen LogP contribution < -0.4 is 16.2 Å². The molecule has 0 unspecified atom stereocenters. The fraction of sp³-hybridized carbons (Fsp3) is 0.400. The first-order valence-corrected chi connectivity index (χ1v) is 14.0. The maximum Gasteiger partial charge on any atom is 0.417 e. The van der Waals surface area contributed by atoms with Gasteiger partial charge in [-0.2, -0.15) is 0 Å². The molecule has 13 nitrogen and oxygen atoms in total. The van der Waals surface area contributed by atoms with Crippen molar-refractivity contribution in [2.24, 2.45) is 5.92 Å². The van der Waals surface area contributed by atoms with Crippen molar-refractivity contribution in [3.63, 3.8) is 0 Å². The van der Waals surface area contributed by atoms with E-state index in [1.54, 1.807) is 20.2 Å². The minimum Gasteiger partial charge on any atom is -0.464 e. The topological polar surface area (TPSA) is 159 Å². The van der Waals surface area contributed by atoms with Gasteiger partial charge in [-0.15, -0.1) is 0 Å². The number of hydrogen-bond donors (Lipinski definition) is 3. The highest BCUT2D eigenvalue weighted by atomic mass is 19.1. The predicted octanol–water partition coefficient (Wildman–Crippen LogP) is 3.11. The molecule has 14 heteroatoms. The van der Waals surface area contributed by atoms with Crippen LogP contribution in [0.5, 0.6) is 0 Å². The average Bonchev–Trinajstić information content (AvgIpc) is 3.29. The Hall–Kier alpha value is -5.01. The third-order valence-electron chi connectivity index (χ3n) is 6.63. The number of carboxylic acid groups (broad SMARTS) is 1. The Balaban J connectivity index is 1.90. The monoisotopic (exact) mass is 611 g/mol. The van der Waals surface area contributed by atoms with Gasteiger partial charge in [0.2, 0.25) is 11.8 Å². The van der Waals surface area contributed by atoms with E-state index in [9.17, 15) is 33.5 Å². The second-order valence-electron chi connectivity index (χ2n) is 11.1. The number of urea groups is 1. The van der Waals surface area contributed by atoms with Crippen LogP contribution in [0.2, 0.25) is 0 Å². The Kier molecular flexibility index (Phi) is 11.0. The molecule has 0 radical (unpaired) electrons. The van der Waals surface area contributed by atoms with Crippen molar-refractivity contribution in [2.45, 2.75) is 45.7 Å². The number of nitrogens with one attached hydrogen (secondary N) is 2. The van der Waals surface area contributed by atoms with Gasteiger partial charge in [0, 0.05) is 40.5 Å². The fourth-order valence-corrected chi connectivity index (χ4v) is 4.44. The normalized spacial score (nSPS) is 12.0. The summed E-state index contributed by atoms with van der Waals surface area (Å²) in [6, 6.07) is 3.74. The number of rotatable bonds is 11. The summed E-state index contributed by atoms with van der Waals surface area (Å²) in [6.45, 7) is 3.62. The van der Waals surface area contributed by atoms with Crippen molar-refractivity contribution in [2.75, 3.05) is 33.5 Å². The lowest BCUT2D eigenvalue weighted by Crippen LogP contribution is -2.48. The SMILES string of the molecule is CC(C)Cc1cc(F)cc2c1nc(Cn1cccc(NC(=O)[C@H](CC/C=C/C(=O)N(C)C)NC(=O)N(C)C)c1=O)n2C(=O)O. The van der Waals surface area contributed by atoms with E-state index < -0.39 is 35.4 Å². The fourth-order valence-electron chi connectivity index (χ4n) is 4.44. The average molecular weight is 612 g/mol. The summed E-state index contributed by atoms with van der Waals surface area (Å²) in [6.07, 6.45) is 3.88. The van der Waals surface area contributed by atoms with Crippen LogP contribution in [0, 0.1) is 11.7 Å². The largest absolute Gasteiger partial charge is 0.464 e. The predicted molar refractivity (Wildman–Crippen MR) is 163 cm³/mol. The lowest BCUT2D eigenvalue weighted by Gasteiger charge is -2.20. The number of fused-ring (bicyclic) bond motifs is 1. The summed E-state index contributed by atoms with van der Waals surface area (Å²) in [4.78, 5) is 70.1. The molecule has 0 aliphatic carbocycles. The van der Waals surface area contributed by atoms with E-state index in [1.807, 2.05) is 13.8 Å². The summed E-state index contributed by atoms with van der Waals surface area (Å²) in [7, 11) is 6.24. The molecule has 1 aromatic carbocycles. The van der Waals surface area contributed by atoms with Crippen LogP contribution in [-0.4, -0.2) is 87.2 Å². The van der Waals surface area contributed by atoms with Gasteiger partial charge in [-0.25, -0.2) is 23.5 Å². The van der Waals surface area contributed by atoms with Crippen LogP contribution in [-0.2, 0) is 22.6 Å². The Labute approximate surface area is 254 Å². The van der Waals surface area contributed by atoms with Gasteiger partial charge in [0.1, 0.15) is 23.4 Å². The lowest BCUT2D eigenvalue weighted by atomic mass is 10.0. The van der Waals surface area contributed by atoms with Gasteiger partial charge < -0.3 is 30.1 Å². The number of imidazole rings is 1. The molecule has 0 saturated carbocycles. The standard InChI is InChI=1S/C30H38FN7O6/c1-18(2)14-19-15-20(31)16-23-26(19)34-24(38(23)30(43)44)17-37-13-9-11-22(28(37)41)32-27(40)21(33-29(42)36(5)6)10-7-8-12-25(39)35(3)4/h8-9,11-13,15-16,18,21H,7,10,14,17H2,1-6H3,(H,32,40)(H,33,42)(H,43,44)/b12-8+/t21-/m0/s1. The number of pyridine rings is 1. The van der Waals surface area contributed by atoms with Crippen LogP contribution in [0.25, 0.3) is 11.0 Å². The number of benzene rings is 1. The van der Waals surface area contributed by atoms with E-state index in [0.717, 1.165) is 10.6 Å². The van der Waals surface area contributed by atoms with E-state index in [4.69, 9.17) is 0 Å². The number of halogens is 1. The van der Waals surface area contributed by atoms with Crippen molar-refractivity contribution in [1.29, 1.82) is 0 Å². The lowest BCUT2D eigenvalue weighted by molar-refractivity contribution is -0.123. The first-order valence-electron chi connectivity index (χ1n) is 14.0. The zero-order chi connectivity index (χ0) is 32.7. The van der Waals surface area contributed by atoms with E-state index in [2.05, 4.69) is 15.6 Å². The molecule has 3 aromatic rings. The highest BCUT2D eigenvalue weighted by Gasteiger charge is 2.24. The molecule has 0 aliphatic heterocycles. The van der Waals surface area contributed by atoms with E-state index in [0.29, 0.717) is 17.5 Å². The Morgan fingerprint density at radius 3 is 2.43 bits per heavy atom. The number of nitrogens with zero attached hydrogens (tertiary/aromatic N) is 5. The molecule has 44 heavy (non-hydrogen) atoms. The Morgan fingerprint density at radius 2 is 1.82 bits per heavy atom. The van der Waals surface area contributed by atoms with Crippen LogP contribution in [0.4, 0.5) is 19.7 Å². The number of carbonyl (C=O) groups is 4. The second-order valence-corrected chi connectivity index (χ2v) is 11.1. The first-order chi connectivity index (χ1) is 20.7. The maximum absolute atomic E-state index is 14.4. The molecule has 1 atom stereocenters. The third-order valence-corrected chi connectivity index (χ3v) is 6.63. The molecular weight excluding hydrogens is 573 g/mol. The van der Waals surface area contributed by atoms with Crippen molar-refractivity contribution in [3.05, 3.63) is 70.2 Å². The third kappa shape index (κ3) is 8.30. The number of hydrogen-bond acceptors (Lipinski definition) is 6. The van der Waals surface area contributed by atoms with Gasteiger partial charge >= 0.3 is 12.1 Å². The van der Waals surface area contributed by atoms with Gasteiger partial charge in [-0.3, -0.25) is 14.4 Å². The van der Waals surface area contributed by atoms with Gasteiger partial charge in [-0.1, -0.05) is 19.9 Å². The van der Waals surface area contributed by atoms with Crippen LogP contribution in [0.1, 0.15) is 38.1 Å². The molecule has 236 valence electrons. The highest BCUT2D eigenvalue weighted by Crippen LogP contribution is 2.25. The van der Waals surface area contributed by atoms with Crippen molar-refractivity contribution >= 4 is 40.7 Å². The molecule has 0 saturated heterocycles. The molecule has 3 N–H and O–H groups in total. The summed E-state index contributed by atoms with van der Waals surface area (Å²) >= 11 is 0. The number of allylic oxidation sites excluding steroid dienone is 1. The van der Waals surface area contributed by atoms with Crippen molar-refractivity contribution in [3.8, 4) is 0 Å². The Morgan fingerprint density at radius 1 is 1.11 bits per heavy atom. The highest BCUT2D eigenvalue weighted by molar-refractivity contribution is 5.97. The van der Waals surface area contributed by atoms with Gasteiger partial charge in [0.25, 0.3) is 5.56 Å². The van der Waals surface area contributed by atoms with E-state index in [-0.39, 0.29) is 48.2 Å². The quantitative estimate of drug-likeness (QED) is 0.281. The molecule has 0 aliphatic rings. The molecule has 3 rings (SSSR count). The summed E-state index contributed by atoms with van der Waals surface area (Å²) < 4.78 is 16.5. The zero-order valence-electron chi connectivity index (χ0n) is 25.6. The molecule has 2 heterocycles. The van der Waals surface area contributed by atoms with Crippen LogP contribution >= 0.6 is 0 Å². The second kappa shape index (κ2) is 14.4. The number of carbonyl (C=O) groups excluding carboxylic acids is 3. The molecule has 0 spiro atoms. The summed E-state index contributed by atoms with van der Waals surface area (Å²) in [5.74, 6) is -1.34. The first kappa shape index (κ1) is 33.5. The number of anilines is 1. The number of amides is 4. The van der Waals surface area contributed by atoms with E-state index in [1.165, 1.54) is 58.9 Å². The molecule has 2 aromatic heterocycles. The van der Waals surface area contributed by atoms with Gasteiger partial charge in [0.05, 0.1) is 17.6 Å². The maximum atomic E-state index is 14.4. The van der Waals surface area contributed by atoms with Crippen molar-refractivity contribution < 1.29 is 28.7 Å². The molecule has 0 bridgehead atoms. The number of aromatic nitrogens is 3. The molecular formula is C30H38FN7O6. The van der Waals surface area contributed by atoms with E-state index >= 15 is 0 Å². The van der Waals surface area contributed by atoms with Gasteiger partial charge in [0.15, 0.2) is 0 Å².